The van der Waals surface area contributed by atoms with Crippen molar-refractivity contribution in [2.75, 3.05) is 21.1 Å². The Kier molecular flexibility index (Phi) is 7.78. The molecule has 0 aliphatic carbocycles. The molecule has 1 unspecified atom stereocenters. The zero-order valence-electron chi connectivity index (χ0n) is 11.2. The van der Waals surface area contributed by atoms with Gasteiger partial charge in [-0.25, -0.2) is 0 Å². The molecule has 0 aliphatic rings. The van der Waals surface area contributed by atoms with Crippen molar-refractivity contribution in [3.8, 4) is 0 Å². The van der Waals surface area contributed by atoms with Crippen LogP contribution in [0.15, 0.2) is 17.1 Å². The van der Waals surface area contributed by atoms with E-state index >= 15 is 0 Å². The highest BCUT2D eigenvalue weighted by atomic mass is 127. The highest BCUT2D eigenvalue weighted by Gasteiger charge is 2.08. The van der Waals surface area contributed by atoms with Gasteiger partial charge in [-0.3, -0.25) is 4.99 Å². The molecule has 0 bridgehead atoms. The van der Waals surface area contributed by atoms with E-state index in [0.717, 1.165) is 12.4 Å². The molecule has 0 saturated carbocycles. The summed E-state index contributed by atoms with van der Waals surface area (Å²) in [5.41, 5.74) is 0. The minimum Gasteiger partial charge on any atom is -0.353 e. The van der Waals surface area contributed by atoms with E-state index in [1.807, 2.05) is 37.4 Å². The molecule has 5 heteroatoms. The number of nitrogens with one attached hydrogen (secondary N) is 1. The van der Waals surface area contributed by atoms with Crippen LogP contribution < -0.4 is 5.32 Å². The molecule has 1 atom stereocenters. The van der Waals surface area contributed by atoms with Gasteiger partial charge in [0.1, 0.15) is 0 Å². The second-order valence-electron chi connectivity index (χ2n) is 4.20. The lowest BCUT2D eigenvalue weighted by Gasteiger charge is -2.21. The van der Waals surface area contributed by atoms with Gasteiger partial charge in [0.05, 0.1) is 0 Å². The molecule has 3 nitrogen and oxygen atoms in total. The van der Waals surface area contributed by atoms with Crippen LogP contribution in [0.5, 0.6) is 0 Å². The van der Waals surface area contributed by atoms with Crippen LogP contribution in [0.3, 0.4) is 0 Å². The van der Waals surface area contributed by atoms with Crippen LogP contribution in [-0.4, -0.2) is 38.0 Å². The third-order valence-corrected chi connectivity index (χ3v) is 3.34. The van der Waals surface area contributed by atoms with E-state index in [0.29, 0.717) is 6.04 Å². The molecule has 1 aromatic heterocycles. The van der Waals surface area contributed by atoms with Gasteiger partial charge >= 0.3 is 0 Å². The van der Waals surface area contributed by atoms with Gasteiger partial charge in [-0.15, -0.1) is 35.3 Å². The largest absolute Gasteiger partial charge is 0.353 e. The number of thiophene rings is 1. The molecule has 0 saturated heterocycles. The monoisotopic (exact) mass is 367 g/mol. The molecule has 0 amide bonds. The molecule has 17 heavy (non-hydrogen) atoms. The van der Waals surface area contributed by atoms with Gasteiger partial charge in [-0.2, -0.15) is 0 Å². The summed E-state index contributed by atoms with van der Waals surface area (Å²) in [6, 6.07) is 4.78. The molecule has 1 rings (SSSR count). The van der Waals surface area contributed by atoms with Crippen LogP contribution in [0.1, 0.15) is 16.7 Å². The zero-order valence-corrected chi connectivity index (χ0v) is 14.3. The second kappa shape index (κ2) is 7.92. The maximum Gasteiger partial charge on any atom is 0.193 e. The molecular formula is C12H22IN3S. The second-order valence-corrected chi connectivity index (χ2v) is 5.58. The number of rotatable bonds is 3. The number of hydrogen-bond acceptors (Lipinski definition) is 2. The highest BCUT2D eigenvalue weighted by molar-refractivity contribution is 14.0. The molecule has 98 valence electrons. The van der Waals surface area contributed by atoms with E-state index in [2.05, 4.69) is 36.3 Å². The first-order valence-electron chi connectivity index (χ1n) is 5.49. The van der Waals surface area contributed by atoms with Crippen molar-refractivity contribution in [3.63, 3.8) is 0 Å². The number of nitrogens with zero attached hydrogens (tertiary/aromatic N) is 2. The van der Waals surface area contributed by atoms with Crippen LogP contribution in [0, 0.1) is 6.92 Å². The quantitative estimate of drug-likeness (QED) is 0.506. The first-order valence-corrected chi connectivity index (χ1v) is 6.30. The van der Waals surface area contributed by atoms with Crippen molar-refractivity contribution in [3.05, 3.63) is 21.9 Å². The number of aryl methyl sites for hydroxylation is 1. The Balaban J connectivity index is 0.00000256. The lowest BCUT2D eigenvalue weighted by molar-refractivity contribution is 0.547. The van der Waals surface area contributed by atoms with Crippen molar-refractivity contribution >= 4 is 41.3 Å². The van der Waals surface area contributed by atoms with Gasteiger partial charge in [-0.1, -0.05) is 0 Å². The molecule has 0 aromatic carbocycles. The van der Waals surface area contributed by atoms with Gasteiger partial charge in [0, 0.05) is 43.4 Å². The fourth-order valence-corrected chi connectivity index (χ4v) is 2.58. The lowest BCUT2D eigenvalue weighted by atomic mass is 10.2. The van der Waals surface area contributed by atoms with E-state index in [4.69, 9.17) is 0 Å². The lowest BCUT2D eigenvalue weighted by Crippen LogP contribution is -2.42. The maximum absolute atomic E-state index is 4.21. The van der Waals surface area contributed by atoms with Crippen LogP contribution in [0.4, 0.5) is 0 Å². The van der Waals surface area contributed by atoms with Crippen molar-refractivity contribution in [2.45, 2.75) is 26.3 Å². The van der Waals surface area contributed by atoms with Crippen molar-refractivity contribution in [1.82, 2.24) is 10.2 Å². The van der Waals surface area contributed by atoms with Crippen molar-refractivity contribution in [1.29, 1.82) is 0 Å². The van der Waals surface area contributed by atoms with E-state index in [9.17, 15) is 0 Å². The van der Waals surface area contributed by atoms with Crippen LogP contribution in [-0.2, 0) is 6.42 Å². The average Bonchev–Trinajstić information content (AvgIpc) is 2.60. The number of aliphatic imine (C=N–C) groups is 1. The van der Waals surface area contributed by atoms with Gasteiger partial charge in [-0.05, 0) is 26.0 Å². The standard InChI is InChI=1S/C12H21N3S.HI/c1-9(14-12(13-3)15(4)5)8-11-7-6-10(2)16-11;/h6-7,9H,8H2,1-5H3,(H,13,14);1H. The summed E-state index contributed by atoms with van der Waals surface area (Å²) in [5, 5.41) is 3.41. The fraction of sp³-hybridized carbons (Fsp3) is 0.583. The van der Waals surface area contributed by atoms with Gasteiger partial charge in [0.2, 0.25) is 0 Å². The van der Waals surface area contributed by atoms with Gasteiger partial charge in [0.15, 0.2) is 5.96 Å². The predicted octanol–water partition coefficient (Wildman–Crippen LogP) is 2.74. The molecule has 1 aromatic rings. The summed E-state index contributed by atoms with van der Waals surface area (Å²) in [6.45, 7) is 4.33. The minimum absolute atomic E-state index is 0. The Morgan fingerprint density at radius 3 is 2.53 bits per heavy atom. The third-order valence-electron chi connectivity index (χ3n) is 2.31. The Morgan fingerprint density at radius 1 is 1.47 bits per heavy atom. The van der Waals surface area contributed by atoms with Crippen LogP contribution >= 0.6 is 35.3 Å². The highest BCUT2D eigenvalue weighted by Crippen LogP contribution is 2.16. The summed E-state index contributed by atoms with van der Waals surface area (Å²) in [7, 11) is 5.80. The Hall–Kier alpha value is -0.300. The summed E-state index contributed by atoms with van der Waals surface area (Å²) in [5.74, 6) is 0.931. The average molecular weight is 367 g/mol. The molecule has 0 aliphatic heterocycles. The number of guanidine groups is 1. The predicted molar refractivity (Wildman–Crippen MR) is 87.8 cm³/mol. The van der Waals surface area contributed by atoms with Crippen LogP contribution in [0.2, 0.25) is 0 Å². The summed E-state index contributed by atoms with van der Waals surface area (Å²) >= 11 is 1.87. The zero-order chi connectivity index (χ0) is 12.1. The van der Waals surface area contributed by atoms with E-state index in [1.165, 1.54) is 9.75 Å². The maximum atomic E-state index is 4.21. The Morgan fingerprint density at radius 2 is 2.12 bits per heavy atom. The summed E-state index contributed by atoms with van der Waals surface area (Å²) in [4.78, 5) is 9.00. The van der Waals surface area contributed by atoms with E-state index < -0.39 is 0 Å². The first-order chi connectivity index (χ1) is 7.52. The summed E-state index contributed by atoms with van der Waals surface area (Å²) in [6.07, 6.45) is 1.05. The number of hydrogen-bond donors (Lipinski definition) is 1. The van der Waals surface area contributed by atoms with Gasteiger partial charge in [0.25, 0.3) is 0 Å². The Bertz CT molecular complexity index is 360. The SMILES string of the molecule is CN=C(NC(C)Cc1ccc(C)s1)N(C)C.I. The molecule has 0 spiro atoms. The van der Waals surface area contributed by atoms with Crippen molar-refractivity contribution < 1.29 is 0 Å². The molecule has 1 heterocycles. The minimum atomic E-state index is 0. The number of halogens is 1. The fourth-order valence-electron chi connectivity index (χ4n) is 1.56. The molecule has 0 fully saturated rings. The Labute approximate surface area is 125 Å². The van der Waals surface area contributed by atoms with Gasteiger partial charge < -0.3 is 10.2 Å². The van der Waals surface area contributed by atoms with Crippen LogP contribution in [0.25, 0.3) is 0 Å². The molecular weight excluding hydrogens is 345 g/mol. The first kappa shape index (κ1) is 16.7. The topological polar surface area (TPSA) is 27.6 Å². The normalized spacial score (nSPS) is 12.9. The van der Waals surface area contributed by atoms with E-state index in [1.54, 1.807) is 0 Å². The van der Waals surface area contributed by atoms with E-state index in [-0.39, 0.29) is 24.0 Å². The smallest absolute Gasteiger partial charge is 0.193 e. The third kappa shape index (κ3) is 5.72. The summed E-state index contributed by atoms with van der Waals surface area (Å²) < 4.78 is 0. The molecule has 0 radical (unpaired) electrons. The van der Waals surface area contributed by atoms with Crippen molar-refractivity contribution in [2.24, 2.45) is 4.99 Å². The molecule has 1 N–H and O–H groups in total.